The number of piperidine rings is 1. The summed E-state index contributed by atoms with van der Waals surface area (Å²) in [7, 11) is 0. The fourth-order valence-electron chi connectivity index (χ4n) is 3.06. The summed E-state index contributed by atoms with van der Waals surface area (Å²) in [4.78, 5) is 42.2. The number of alkyl halides is 3. The average Bonchev–Trinajstić information content (AvgIpc) is 2.88. The molecule has 11 heteroatoms. The first-order valence-electron chi connectivity index (χ1n) is 8.21. The van der Waals surface area contributed by atoms with Crippen LogP contribution in [-0.4, -0.2) is 52.6 Å². The van der Waals surface area contributed by atoms with Gasteiger partial charge in [-0.3, -0.25) is 25.3 Å². The zero-order valence-electron chi connectivity index (χ0n) is 14.0. The lowest BCUT2D eigenvalue weighted by Gasteiger charge is -2.29. The van der Waals surface area contributed by atoms with Gasteiger partial charge >= 0.3 is 18.1 Å². The standard InChI is InChI=1S/C16H17F3N4O4/c17-16(18,19)14(25)21-20-13(24)12-7-6-11-8-22(12)15(26)23(11)27-9-10-4-2-1-3-5-10/h1-5,11-12H,6-9H2,(H,20,24)(H,21,25)/t11-,12-/m0/s1. The quantitative estimate of drug-likeness (QED) is 0.759. The van der Waals surface area contributed by atoms with Crippen LogP contribution in [0.1, 0.15) is 18.4 Å². The third-order valence-corrected chi connectivity index (χ3v) is 4.40. The molecule has 0 aliphatic carbocycles. The van der Waals surface area contributed by atoms with Crippen molar-refractivity contribution in [2.24, 2.45) is 0 Å². The van der Waals surface area contributed by atoms with Crippen molar-refractivity contribution in [2.45, 2.75) is 37.7 Å². The van der Waals surface area contributed by atoms with Gasteiger partial charge in [-0.1, -0.05) is 30.3 Å². The van der Waals surface area contributed by atoms with E-state index in [1.807, 2.05) is 30.3 Å². The van der Waals surface area contributed by atoms with Crippen LogP contribution in [0.2, 0.25) is 0 Å². The molecule has 2 saturated heterocycles. The molecular formula is C16H17F3N4O4. The van der Waals surface area contributed by atoms with Gasteiger partial charge in [0.25, 0.3) is 5.91 Å². The van der Waals surface area contributed by atoms with Gasteiger partial charge in [-0.05, 0) is 18.4 Å². The van der Waals surface area contributed by atoms with Crippen LogP contribution >= 0.6 is 0 Å². The Balaban J connectivity index is 1.57. The lowest BCUT2D eigenvalue weighted by Crippen LogP contribution is -2.56. The second kappa shape index (κ2) is 7.43. The number of amides is 4. The van der Waals surface area contributed by atoms with E-state index in [0.29, 0.717) is 6.42 Å². The van der Waals surface area contributed by atoms with E-state index in [1.54, 1.807) is 5.43 Å². The molecule has 3 rings (SSSR count). The summed E-state index contributed by atoms with van der Waals surface area (Å²) >= 11 is 0. The molecule has 2 aliphatic rings. The fourth-order valence-corrected chi connectivity index (χ4v) is 3.06. The van der Waals surface area contributed by atoms with Crippen LogP contribution in [-0.2, 0) is 21.0 Å². The zero-order chi connectivity index (χ0) is 19.6. The molecule has 2 N–H and O–H groups in total. The molecular weight excluding hydrogens is 369 g/mol. The minimum absolute atomic E-state index is 0.176. The maximum atomic E-state index is 12.5. The predicted molar refractivity (Wildman–Crippen MR) is 84.3 cm³/mol. The molecule has 0 radical (unpaired) electrons. The van der Waals surface area contributed by atoms with E-state index < -0.39 is 30.1 Å². The van der Waals surface area contributed by atoms with Gasteiger partial charge in [0.05, 0.1) is 6.04 Å². The Morgan fingerprint density at radius 2 is 1.85 bits per heavy atom. The van der Waals surface area contributed by atoms with Crippen molar-refractivity contribution in [1.29, 1.82) is 0 Å². The molecule has 1 aromatic rings. The molecule has 27 heavy (non-hydrogen) atoms. The molecule has 2 bridgehead atoms. The number of hydrazine groups is 1. The second-order valence-electron chi connectivity index (χ2n) is 6.21. The molecule has 0 saturated carbocycles. The van der Waals surface area contributed by atoms with E-state index in [0.717, 1.165) is 5.56 Å². The number of carbonyl (C=O) groups is 3. The van der Waals surface area contributed by atoms with Gasteiger partial charge in [0.15, 0.2) is 0 Å². The van der Waals surface area contributed by atoms with Crippen molar-refractivity contribution in [3.8, 4) is 0 Å². The first-order chi connectivity index (χ1) is 12.8. The molecule has 8 nitrogen and oxygen atoms in total. The normalized spacial score (nSPS) is 22.0. The molecule has 0 spiro atoms. The Morgan fingerprint density at radius 3 is 2.52 bits per heavy atom. The molecule has 0 unspecified atom stereocenters. The number of hydrogen-bond donors (Lipinski definition) is 2. The van der Waals surface area contributed by atoms with E-state index >= 15 is 0 Å². The number of nitrogens with zero attached hydrogens (tertiary/aromatic N) is 2. The van der Waals surface area contributed by atoms with Gasteiger partial charge in [-0.2, -0.15) is 18.2 Å². The zero-order valence-corrected chi connectivity index (χ0v) is 14.0. The lowest BCUT2D eigenvalue weighted by atomic mass is 10.0. The number of urea groups is 1. The van der Waals surface area contributed by atoms with Crippen molar-refractivity contribution in [3.63, 3.8) is 0 Å². The predicted octanol–water partition coefficient (Wildman–Crippen LogP) is 1.10. The van der Waals surface area contributed by atoms with E-state index in [2.05, 4.69) is 0 Å². The summed E-state index contributed by atoms with van der Waals surface area (Å²) in [6.45, 7) is 0.397. The van der Waals surface area contributed by atoms with Crippen molar-refractivity contribution in [3.05, 3.63) is 35.9 Å². The Kier molecular flexibility index (Phi) is 5.22. The number of hydroxylamine groups is 2. The molecule has 2 fully saturated rings. The van der Waals surface area contributed by atoms with Gasteiger partial charge in [0.1, 0.15) is 12.6 Å². The van der Waals surface area contributed by atoms with Gasteiger partial charge in [0.2, 0.25) is 0 Å². The Hall–Kier alpha value is -2.82. The molecule has 146 valence electrons. The highest BCUT2D eigenvalue weighted by Gasteiger charge is 2.48. The Bertz CT molecular complexity index is 728. The topological polar surface area (TPSA) is 91.0 Å². The summed E-state index contributed by atoms with van der Waals surface area (Å²) in [6, 6.07) is 7.45. The molecule has 2 aliphatic heterocycles. The first kappa shape index (κ1) is 19.0. The molecule has 2 atom stereocenters. The largest absolute Gasteiger partial charge is 0.472 e. The number of halogens is 3. The van der Waals surface area contributed by atoms with E-state index in [4.69, 9.17) is 4.84 Å². The van der Waals surface area contributed by atoms with Gasteiger partial charge in [-0.15, -0.1) is 0 Å². The maximum Gasteiger partial charge on any atom is 0.472 e. The monoisotopic (exact) mass is 386 g/mol. The number of fused-ring (bicyclic) bond motifs is 2. The van der Waals surface area contributed by atoms with Crippen LogP contribution in [0.15, 0.2) is 30.3 Å². The molecule has 1 aromatic carbocycles. The molecule has 0 aromatic heterocycles. The van der Waals surface area contributed by atoms with E-state index in [9.17, 15) is 27.6 Å². The molecule has 2 heterocycles. The third kappa shape index (κ3) is 4.13. The minimum atomic E-state index is -5.11. The van der Waals surface area contributed by atoms with Crippen LogP contribution in [0.4, 0.5) is 18.0 Å². The number of benzene rings is 1. The van der Waals surface area contributed by atoms with E-state index in [1.165, 1.54) is 15.4 Å². The summed E-state index contributed by atoms with van der Waals surface area (Å²) in [5, 5.41) is 1.20. The van der Waals surface area contributed by atoms with Crippen molar-refractivity contribution < 1.29 is 32.4 Å². The van der Waals surface area contributed by atoms with Gasteiger partial charge < -0.3 is 4.90 Å². The summed E-state index contributed by atoms with van der Waals surface area (Å²) in [5.74, 6) is -3.17. The Labute approximate surface area is 152 Å². The van der Waals surface area contributed by atoms with Crippen molar-refractivity contribution in [2.75, 3.05) is 6.54 Å². The molecule has 4 amide bonds. The lowest BCUT2D eigenvalue weighted by molar-refractivity contribution is -0.175. The number of hydrogen-bond acceptors (Lipinski definition) is 4. The average molecular weight is 386 g/mol. The van der Waals surface area contributed by atoms with Gasteiger partial charge in [-0.25, -0.2) is 4.79 Å². The number of nitrogens with one attached hydrogen (secondary N) is 2. The maximum absolute atomic E-state index is 12.5. The van der Waals surface area contributed by atoms with Crippen molar-refractivity contribution in [1.82, 2.24) is 20.8 Å². The van der Waals surface area contributed by atoms with Crippen LogP contribution in [0.3, 0.4) is 0 Å². The van der Waals surface area contributed by atoms with E-state index in [-0.39, 0.29) is 25.6 Å². The highest BCUT2D eigenvalue weighted by atomic mass is 19.4. The SMILES string of the molecule is O=C(NNC(=O)C(F)(F)F)[C@@H]1CC[C@H]2CN1C(=O)N2OCc1ccccc1. The highest BCUT2D eigenvalue weighted by molar-refractivity contribution is 5.90. The fraction of sp³-hybridized carbons (Fsp3) is 0.438. The number of rotatable bonds is 4. The Morgan fingerprint density at radius 1 is 1.15 bits per heavy atom. The number of carbonyl (C=O) groups excluding carboxylic acids is 3. The van der Waals surface area contributed by atoms with Gasteiger partial charge in [0, 0.05) is 6.54 Å². The first-order valence-corrected chi connectivity index (χ1v) is 8.21. The summed E-state index contributed by atoms with van der Waals surface area (Å²) < 4.78 is 36.5. The van der Waals surface area contributed by atoms with Crippen LogP contribution < -0.4 is 10.9 Å². The van der Waals surface area contributed by atoms with Crippen molar-refractivity contribution >= 4 is 17.8 Å². The third-order valence-electron chi connectivity index (χ3n) is 4.40. The van der Waals surface area contributed by atoms with Crippen LogP contribution in [0, 0.1) is 0 Å². The smallest absolute Gasteiger partial charge is 0.309 e. The van der Waals surface area contributed by atoms with Crippen LogP contribution in [0.5, 0.6) is 0 Å². The summed E-state index contributed by atoms with van der Waals surface area (Å²) in [5.41, 5.74) is 3.89. The second-order valence-corrected chi connectivity index (χ2v) is 6.21. The van der Waals surface area contributed by atoms with Crippen LogP contribution in [0.25, 0.3) is 0 Å². The summed E-state index contributed by atoms with van der Waals surface area (Å²) in [6.07, 6.45) is -4.42. The highest BCUT2D eigenvalue weighted by Crippen LogP contribution is 2.30. The minimum Gasteiger partial charge on any atom is -0.309 e.